The second-order valence-corrected chi connectivity index (χ2v) is 7.79. The van der Waals surface area contributed by atoms with Crippen LogP contribution in [0.5, 0.6) is 0 Å². The summed E-state index contributed by atoms with van der Waals surface area (Å²) >= 11 is 0. The number of carboxylic acid groups (broad SMARTS) is 1. The van der Waals surface area contributed by atoms with E-state index in [0.29, 0.717) is 25.8 Å². The van der Waals surface area contributed by atoms with Crippen molar-refractivity contribution in [3.8, 4) is 0 Å². The number of hydrogen-bond donors (Lipinski definition) is 6. The Morgan fingerprint density at radius 3 is 2.28 bits per heavy atom. The first-order valence-corrected chi connectivity index (χ1v) is 10.2. The molecule has 1 aliphatic rings. The smallest absolute Gasteiger partial charge is 0.326 e. The topological polar surface area (TPSA) is 163 Å². The molecule has 0 spiro atoms. The van der Waals surface area contributed by atoms with Gasteiger partial charge in [-0.1, -0.05) is 13.8 Å². The minimum atomic E-state index is -1.13. The molecule has 10 heteroatoms. The number of hydrogen-bond acceptors (Lipinski definition) is 6. The second-order valence-electron chi connectivity index (χ2n) is 7.79. The molecule has 29 heavy (non-hydrogen) atoms. The van der Waals surface area contributed by atoms with E-state index in [1.165, 1.54) is 0 Å². The Morgan fingerprint density at radius 1 is 1.07 bits per heavy atom. The van der Waals surface area contributed by atoms with Gasteiger partial charge in [0, 0.05) is 0 Å². The fourth-order valence-corrected chi connectivity index (χ4v) is 3.11. The highest BCUT2D eigenvalue weighted by Crippen LogP contribution is 2.07. The quantitative estimate of drug-likeness (QED) is 0.225. The Labute approximate surface area is 171 Å². The van der Waals surface area contributed by atoms with Gasteiger partial charge in [-0.05, 0) is 58.0 Å². The Kier molecular flexibility index (Phi) is 10.6. The molecule has 1 fully saturated rings. The zero-order valence-corrected chi connectivity index (χ0v) is 17.5. The molecule has 1 heterocycles. The van der Waals surface area contributed by atoms with Crippen molar-refractivity contribution in [3.05, 3.63) is 0 Å². The molecule has 4 atom stereocenters. The predicted octanol–water partition coefficient (Wildman–Crippen LogP) is -0.918. The van der Waals surface area contributed by atoms with Crippen molar-refractivity contribution in [1.29, 1.82) is 0 Å². The molecule has 0 aliphatic carbocycles. The maximum absolute atomic E-state index is 12.6. The number of amides is 3. The molecular weight excluding hydrogens is 378 g/mol. The lowest BCUT2D eigenvalue weighted by Crippen LogP contribution is -2.56. The number of unbranched alkanes of at least 4 members (excludes halogenated alkanes) is 1. The molecule has 0 aromatic heterocycles. The van der Waals surface area contributed by atoms with Crippen LogP contribution in [0, 0.1) is 5.92 Å². The van der Waals surface area contributed by atoms with Crippen LogP contribution in [0.2, 0.25) is 0 Å². The molecule has 4 unspecified atom stereocenters. The van der Waals surface area contributed by atoms with Gasteiger partial charge in [0.1, 0.15) is 18.1 Å². The fraction of sp³-hybridized carbons (Fsp3) is 0.789. The van der Waals surface area contributed by atoms with Gasteiger partial charge in [0.05, 0.1) is 6.04 Å². The van der Waals surface area contributed by atoms with E-state index in [2.05, 4.69) is 21.3 Å². The summed E-state index contributed by atoms with van der Waals surface area (Å²) in [4.78, 5) is 48.7. The van der Waals surface area contributed by atoms with Crippen LogP contribution in [0.1, 0.15) is 52.9 Å². The van der Waals surface area contributed by atoms with Gasteiger partial charge in [-0.25, -0.2) is 4.79 Å². The highest BCUT2D eigenvalue weighted by Gasteiger charge is 2.30. The molecule has 7 N–H and O–H groups in total. The van der Waals surface area contributed by atoms with E-state index >= 15 is 0 Å². The Morgan fingerprint density at radius 2 is 1.76 bits per heavy atom. The van der Waals surface area contributed by atoms with Gasteiger partial charge in [-0.15, -0.1) is 0 Å². The van der Waals surface area contributed by atoms with Crippen LogP contribution in [0.25, 0.3) is 0 Å². The SMILES string of the molecule is CC(NC(=O)C1CCCN1)C(=O)NC(CCCCN)C(=O)NC(C(=O)O)C(C)C. The number of nitrogens with two attached hydrogens (primary N) is 1. The van der Waals surface area contributed by atoms with E-state index in [9.17, 15) is 24.3 Å². The average molecular weight is 414 g/mol. The number of rotatable bonds is 12. The van der Waals surface area contributed by atoms with Crippen LogP contribution < -0.4 is 27.0 Å². The maximum Gasteiger partial charge on any atom is 0.326 e. The van der Waals surface area contributed by atoms with E-state index in [4.69, 9.17) is 5.73 Å². The predicted molar refractivity (Wildman–Crippen MR) is 108 cm³/mol. The van der Waals surface area contributed by atoms with E-state index in [1.807, 2.05) is 0 Å². The van der Waals surface area contributed by atoms with Gasteiger partial charge in [-0.2, -0.15) is 0 Å². The highest BCUT2D eigenvalue weighted by atomic mass is 16.4. The first kappa shape index (κ1) is 24.8. The zero-order valence-electron chi connectivity index (χ0n) is 17.5. The summed E-state index contributed by atoms with van der Waals surface area (Å²) in [6.45, 7) is 6.15. The molecule has 0 radical (unpaired) electrons. The standard InChI is InChI=1S/C19H35N5O5/c1-11(2)15(19(28)29)24-18(27)14(7-4-5-9-20)23-16(25)12(3)22-17(26)13-8-6-10-21-13/h11-15,21H,4-10,20H2,1-3H3,(H,22,26)(H,23,25)(H,24,27)(H,28,29). The summed E-state index contributed by atoms with van der Waals surface area (Å²) in [6.07, 6.45) is 3.22. The molecule has 0 saturated carbocycles. The van der Waals surface area contributed by atoms with Crippen molar-refractivity contribution in [1.82, 2.24) is 21.3 Å². The van der Waals surface area contributed by atoms with E-state index in [0.717, 1.165) is 19.4 Å². The molecule has 1 rings (SSSR count). The molecule has 10 nitrogen and oxygen atoms in total. The van der Waals surface area contributed by atoms with Crippen LogP contribution in [0.15, 0.2) is 0 Å². The van der Waals surface area contributed by atoms with Crippen LogP contribution in [0.3, 0.4) is 0 Å². The number of carbonyl (C=O) groups is 4. The largest absolute Gasteiger partial charge is 0.480 e. The fourth-order valence-electron chi connectivity index (χ4n) is 3.11. The third-order valence-corrected chi connectivity index (χ3v) is 4.94. The zero-order chi connectivity index (χ0) is 22.0. The van der Waals surface area contributed by atoms with E-state index in [-0.39, 0.29) is 17.9 Å². The lowest BCUT2D eigenvalue weighted by atomic mass is 10.0. The van der Waals surface area contributed by atoms with Crippen molar-refractivity contribution < 1.29 is 24.3 Å². The van der Waals surface area contributed by atoms with Gasteiger partial charge in [0.15, 0.2) is 0 Å². The molecular formula is C19H35N5O5. The Hall–Kier alpha value is -2.20. The average Bonchev–Trinajstić information content (AvgIpc) is 3.19. The van der Waals surface area contributed by atoms with Crippen LogP contribution in [-0.2, 0) is 19.2 Å². The number of aliphatic carboxylic acids is 1. The molecule has 1 saturated heterocycles. The van der Waals surface area contributed by atoms with Gasteiger partial charge in [-0.3, -0.25) is 14.4 Å². The van der Waals surface area contributed by atoms with Crippen molar-refractivity contribution in [2.45, 2.75) is 77.0 Å². The molecule has 3 amide bonds. The first-order chi connectivity index (χ1) is 13.7. The summed E-state index contributed by atoms with van der Waals surface area (Å²) in [5.74, 6) is -2.76. The minimum absolute atomic E-state index is 0.250. The van der Waals surface area contributed by atoms with Gasteiger partial charge in [0.25, 0.3) is 0 Å². The van der Waals surface area contributed by atoms with Gasteiger partial charge < -0.3 is 32.1 Å². The maximum atomic E-state index is 12.6. The van der Waals surface area contributed by atoms with Crippen LogP contribution in [0.4, 0.5) is 0 Å². The van der Waals surface area contributed by atoms with E-state index < -0.39 is 35.9 Å². The minimum Gasteiger partial charge on any atom is -0.480 e. The number of carbonyl (C=O) groups excluding carboxylic acids is 3. The van der Waals surface area contributed by atoms with Crippen LogP contribution in [-0.4, -0.2) is 66.1 Å². The number of carboxylic acids is 1. The Balaban J connectivity index is 2.71. The third-order valence-electron chi connectivity index (χ3n) is 4.94. The lowest BCUT2D eigenvalue weighted by molar-refractivity contribution is -0.143. The molecule has 0 aromatic carbocycles. The van der Waals surface area contributed by atoms with Gasteiger partial charge in [0.2, 0.25) is 17.7 Å². The normalized spacial score (nSPS) is 19.3. The number of nitrogens with one attached hydrogen (secondary N) is 4. The molecule has 1 aliphatic heterocycles. The van der Waals surface area contributed by atoms with Crippen molar-refractivity contribution >= 4 is 23.7 Å². The molecule has 0 aromatic rings. The van der Waals surface area contributed by atoms with Crippen molar-refractivity contribution in [3.63, 3.8) is 0 Å². The summed E-state index contributed by atoms with van der Waals surface area (Å²) in [7, 11) is 0. The summed E-state index contributed by atoms with van der Waals surface area (Å²) in [5.41, 5.74) is 5.50. The van der Waals surface area contributed by atoms with E-state index in [1.54, 1.807) is 20.8 Å². The van der Waals surface area contributed by atoms with Crippen molar-refractivity contribution in [2.75, 3.05) is 13.1 Å². The van der Waals surface area contributed by atoms with Crippen LogP contribution >= 0.6 is 0 Å². The molecule has 166 valence electrons. The van der Waals surface area contributed by atoms with Gasteiger partial charge >= 0.3 is 5.97 Å². The lowest BCUT2D eigenvalue weighted by Gasteiger charge is -2.25. The summed E-state index contributed by atoms with van der Waals surface area (Å²) < 4.78 is 0. The summed E-state index contributed by atoms with van der Waals surface area (Å²) in [5, 5.41) is 20.1. The first-order valence-electron chi connectivity index (χ1n) is 10.2. The Bertz CT molecular complexity index is 577. The molecule has 0 bridgehead atoms. The monoisotopic (exact) mass is 413 g/mol. The van der Waals surface area contributed by atoms with Crippen molar-refractivity contribution in [2.24, 2.45) is 11.7 Å². The highest BCUT2D eigenvalue weighted by molar-refractivity contribution is 5.94. The third kappa shape index (κ3) is 8.36. The summed E-state index contributed by atoms with van der Waals surface area (Å²) in [6, 6.07) is -3.09. The second kappa shape index (κ2) is 12.4.